The molecule has 1 heterocycles. The van der Waals surface area contributed by atoms with Gasteiger partial charge in [0.05, 0.1) is 17.6 Å². The Morgan fingerprint density at radius 2 is 2.19 bits per heavy atom. The average molecular weight is 349 g/mol. The highest BCUT2D eigenvalue weighted by Crippen LogP contribution is 2.15. The molecule has 0 bridgehead atoms. The van der Waals surface area contributed by atoms with Gasteiger partial charge in [-0.1, -0.05) is 46.3 Å². The maximum Gasteiger partial charge on any atom is 0.0971 e. The fourth-order valence-corrected chi connectivity index (χ4v) is 2.44. The van der Waals surface area contributed by atoms with Gasteiger partial charge in [-0.05, 0) is 38.1 Å². The van der Waals surface area contributed by atoms with Gasteiger partial charge in [-0.25, -0.2) is 4.68 Å². The maximum absolute atomic E-state index is 4.24. The monoisotopic (exact) mass is 348 g/mol. The number of allylic oxidation sites excluding steroid dienone is 1. The summed E-state index contributed by atoms with van der Waals surface area (Å²) >= 11 is 3.47. The quantitative estimate of drug-likeness (QED) is 0.713. The number of aromatic nitrogens is 3. The molecule has 21 heavy (non-hydrogen) atoms. The number of halogens is 1. The Hall–Kier alpha value is -1.46. The summed E-state index contributed by atoms with van der Waals surface area (Å²) < 4.78 is 2.85. The Bertz CT molecular complexity index is 591. The molecule has 0 saturated heterocycles. The Labute approximate surface area is 134 Å². The molecule has 0 saturated carbocycles. The van der Waals surface area contributed by atoms with E-state index >= 15 is 0 Å². The molecule has 0 aliphatic heterocycles. The van der Waals surface area contributed by atoms with Crippen molar-refractivity contribution in [2.75, 3.05) is 13.6 Å². The summed E-state index contributed by atoms with van der Waals surface area (Å²) in [5.74, 6) is 0. The molecule has 5 heteroatoms. The largest absolute Gasteiger partial charge is 0.300 e. The third-order valence-electron chi connectivity index (χ3n) is 3.13. The number of nitrogens with zero attached hydrogens (tertiary/aromatic N) is 4. The van der Waals surface area contributed by atoms with Crippen molar-refractivity contribution < 1.29 is 0 Å². The predicted molar refractivity (Wildman–Crippen MR) is 89.4 cm³/mol. The molecule has 112 valence electrons. The van der Waals surface area contributed by atoms with Crippen LogP contribution in [0.4, 0.5) is 0 Å². The van der Waals surface area contributed by atoms with Crippen molar-refractivity contribution in [3.63, 3.8) is 0 Å². The molecule has 0 spiro atoms. The first-order valence-corrected chi connectivity index (χ1v) is 7.99. The van der Waals surface area contributed by atoms with E-state index in [0.717, 1.165) is 41.8 Å². The summed E-state index contributed by atoms with van der Waals surface area (Å²) in [6.45, 7) is 3.99. The van der Waals surface area contributed by atoms with Crippen LogP contribution in [-0.4, -0.2) is 33.5 Å². The van der Waals surface area contributed by atoms with E-state index < -0.39 is 0 Å². The fourth-order valence-electron chi connectivity index (χ4n) is 2.05. The highest BCUT2D eigenvalue weighted by Gasteiger charge is 2.06. The molecule has 0 radical (unpaired) electrons. The Morgan fingerprint density at radius 3 is 2.95 bits per heavy atom. The van der Waals surface area contributed by atoms with Gasteiger partial charge >= 0.3 is 0 Å². The zero-order chi connectivity index (χ0) is 15.1. The van der Waals surface area contributed by atoms with Crippen LogP contribution in [0.25, 0.3) is 5.69 Å². The maximum atomic E-state index is 4.24. The first-order valence-electron chi connectivity index (χ1n) is 7.19. The zero-order valence-corrected chi connectivity index (χ0v) is 14.1. The van der Waals surface area contributed by atoms with Crippen LogP contribution in [0.15, 0.2) is 47.1 Å². The van der Waals surface area contributed by atoms with Crippen molar-refractivity contribution >= 4 is 15.9 Å². The van der Waals surface area contributed by atoms with Gasteiger partial charge in [-0.3, -0.25) is 0 Å². The summed E-state index contributed by atoms with van der Waals surface area (Å²) in [4.78, 5) is 2.26. The van der Waals surface area contributed by atoms with Crippen molar-refractivity contribution in [3.8, 4) is 5.69 Å². The van der Waals surface area contributed by atoms with Crippen LogP contribution >= 0.6 is 15.9 Å². The molecule has 2 rings (SSSR count). The molecule has 0 unspecified atom stereocenters. The van der Waals surface area contributed by atoms with Crippen LogP contribution in [0.2, 0.25) is 0 Å². The van der Waals surface area contributed by atoms with E-state index in [4.69, 9.17) is 0 Å². The lowest BCUT2D eigenvalue weighted by atomic mass is 10.3. The average Bonchev–Trinajstić information content (AvgIpc) is 2.92. The normalized spacial score (nSPS) is 11.6. The molecule has 0 N–H and O–H groups in total. The molecule has 0 fully saturated rings. The SMILES string of the molecule is CC/C=C/CCN(C)Cc1cn(-c2cccc(Br)c2)nn1. The van der Waals surface area contributed by atoms with E-state index in [2.05, 4.69) is 57.3 Å². The van der Waals surface area contributed by atoms with Gasteiger partial charge in [0.15, 0.2) is 0 Å². The van der Waals surface area contributed by atoms with Gasteiger partial charge in [0, 0.05) is 17.6 Å². The topological polar surface area (TPSA) is 34.0 Å². The van der Waals surface area contributed by atoms with Crippen molar-refractivity contribution in [2.24, 2.45) is 0 Å². The van der Waals surface area contributed by atoms with Gasteiger partial charge in [0.1, 0.15) is 0 Å². The van der Waals surface area contributed by atoms with Crippen molar-refractivity contribution in [1.29, 1.82) is 0 Å². The summed E-state index contributed by atoms with van der Waals surface area (Å²) in [7, 11) is 2.11. The molecule has 0 aliphatic rings. The summed E-state index contributed by atoms with van der Waals surface area (Å²) in [5, 5.41) is 8.44. The van der Waals surface area contributed by atoms with Crippen LogP contribution in [0.3, 0.4) is 0 Å². The molecule has 0 aliphatic carbocycles. The number of hydrogen-bond donors (Lipinski definition) is 0. The van der Waals surface area contributed by atoms with Crippen LogP contribution < -0.4 is 0 Å². The summed E-state index contributed by atoms with van der Waals surface area (Å²) in [5.41, 5.74) is 1.99. The van der Waals surface area contributed by atoms with E-state index in [9.17, 15) is 0 Å². The summed E-state index contributed by atoms with van der Waals surface area (Å²) in [6, 6.07) is 8.03. The zero-order valence-electron chi connectivity index (χ0n) is 12.5. The second kappa shape index (κ2) is 8.10. The highest BCUT2D eigenvalue weighted by atomic mass is 79.9. The summed E-state index contributed by atoms with van der Waals surface area (Å²) in [6.07, 6.45) is 8.60. The second-order valence-electron chi connectivity index (χ2n) is 5.04. The third-order valence-corrected chi connectivity index (χ3v) is 3.62. The van der Waals surface area contributed by atoms with Gasteiger partial charge in [-0.15, -0.1) is 5.10 Å². The Morgan fingerprint density at radius 1 is 1.33 bits per heavy atom. The molecular weight excluding hydrogens is 328 g/mol. The number of benzene rings is 1. The van der Waals surface area contributed by atoms with Crippen LogP contribution in [0, 0.1) is 0 Å². The van der Waals surface area contributed by atoms with E-state index in [-0.39, 0.29) is 0 Å². The number of hydrogen-bond acceptors (Lipinski definition) is 3. The first-order chi connectivity index (χ1) is 10.2. The minimum atomic E-state index is 0.813. The van der Waals surface area contributed by atoms with Crippen molar-refractivity contribution in [1.82, 2.24) is 19.9 Å². The van der Waals surface area contributed by atoms with E-state index in [1.165, 1.54) is 0 Å². The Kier molecular flexibility index (Phi) is 6.14. The van der Waals surface area contributed by atoms with Crippen LogP contribution in [0.1, 0.15) is 25.5 Å². The van der Waals surface area contributed by atoms with Gasteiger partial charge in [-0.2, -0.15) is 0 Å². The lowest BCUT2D eigenvalue weighted by Crippen LogP contribution is -2.18. The van der Waals surface area contributed by atoms with Gasteiger partial charge < -0.3 is 4.90 Å². The molecule has 4 nitrogen and oxygen atoms in total. The first kappa shape index (κ1) is 15.9. The molecule has 1 aromatic carbocycles. The van der Waals surface area contributed by atoms with Gasteiger partial charge in [0.25, 0.3) is 0 Å². The van der Waals surface area contributed by atoms with E-state index in [1.807, 2.05) is 35.1 Å². The molecule has 0 amide bonds. The van der Waals surface area contributed by atoms with Gasteiger partial charge in [0.2, 0.25) is 0 Å². The Balaban J connectivity index is 1.92. The van der Waals surface area contributed by atoms with Crippen LogP contribution in [-0.2, 0) is 6.54 Å². The molecule has 2 aromatic rings. The minimum absolute atomic E-state index is 0.813. The fraction of sp³-hybridized carbons (Fsp3) is 0.375. The molecule has 0 atom stereocenters. The molecule has 1 aromatic heterocycles. The van der Waals surface area contributed by atoms with Crippen LogP contribution in [0.5, 0.6) is 0 Å². The van der Waals surface area contributed by atoms with E-state index in [0.29, 0.717) is 0 Å². The molecular formula is C16H21BrN4. The standard InChI is InChI=1S/C16H21BrN4/c1-3-4-5-6-10-20(2)12-15-13-21(19-18-15)16-9-7-8-14(17)11-16/h4-5,7-9,11,13H,3,6,10,12H2,1-2H3/b5-4+. The predicted octanol–water partition coefficient (Wildman–Crippen LogP) is 3.82. The van der Waals surface area contributed by atoms with Crippen molar-refractivity contribution in [3.05, 3.63) is 52.8 Å². The number of rotatable bonds is 7. The van der Waals surface area contributed by atoms with Crippen molar-refractivity contribution in [2.45, 2.75) is 26.3 Å². The third kappa shape index (κ3) is 5.10. The lowest BCUT2D eigenvalue weighted by Gasteiger charge is -2.13. The minimum Gasteiger partial charge on any atom is -0.300 e. The highest BCUT2D eigenvalue weighted by molar-refractivity contribution is 9.10. The smallest absolute Gasteiger partial charge is 0.0971 e. The lowest BCUT2D eigenvalue weighted by molar-refractivity contribution is 0.329. The van der Waals surface area contributed by atoms with E-state index in [1.54, 1.807) is 0 Å². The second-order valence-corrected chi connectivity index (χ2v) is 5.96.